The fourth-order valence-corrected chi connectivity index (χ4v) is 2.67. The summed E-state index contributed by atoms with van der Waals surface area (Å²) in [5.41, 5.74) is 1.01. The molecule has 1 fully saturated rings. The summed E-state index contributed by atoms with van der Waals surface area (Å²) in [6.07, 6.45) is 4.72. The molecule has 16 heavy (non-hydrogen) atoms. The van der Waals surface area contributed by atoms with Crippen molar-refractivity contribution in [3.05, 3.63) is 23.2 Å². The molecule has 4 heteroatoms. The largest absolute Gasteiger partial charge is 0.297 e. The van der Waals surface area contributed by atoms with Gasteiger partial charge in [0.1, 0.15) is 5.15 Å². The Kier molecular flexibility index (Phi) is 3.77. The highest BCUT2D eigenvalue weighted by Crippen LogP contribution is 2.21. The fourth-order valence-electron chi connectivity index (χ4n) is 2.57. The topological polar surface area (TPSA) is 29.0 Å². The second kappa shape index (κ2) is 5.11. The zero-order chi connectivity index (χ0) is 11.5. The van der Waals surface area contributed by atoms with Gasteiger partial charge >= 0.3 is 0 Å². The van der Waals surface area contributed by atoms with Crippen molar-refractivity contribution in [1.82, 2.24) is 14.9 Å². The van der Waals surface area contributed by atoms with Gasteiger partial charge in [-0.2, -0.15) is 0 Å². The van der Waals surface area contributed by atoms with Crippen molar-refractivity contribution in [1.29, 1.82) is 0 Å². The molecule has 0 N–H and O–H groups in total. The number of rotatable bonds is 2. The molecule has 0 bridgehead atoms. The average Bonchev–Trinajstić information content (AvgIpc) is 2.20. The summed E-state index contributed by atoms with van der Waals surface area (Å²) < 4.78 is 0. The quantitative estimate of drug-likeness (QED) is 0.795. The van der Waals surface area contributed by atoms with Crippen LogP contribution >= 0.6 is 11.6 Å². The van der Waals surface area contributed by atoms with Crippen molar-refractivity contribution in [2.45, 2.75) is 26.8 Å². The van der Waals surface area contributed by atoms with E-state index < -0.39 is 0 Å². The van der Waals surface area contributed by atoms with E-state index >= 15 is 0 Å². The Morgan fingerprint density at radius 2 is 1.94 bits per heavy atom. The Labute approximate surface area is 102 Å². The number of hydrogen-bond acceptors (Lipinski definition) is 3. The first-order valence-electron chi connectivity index (χ1n) is 5.82. The number of likely N-dealkylation sites (tertiary alicyclic amines) is 1. The standard InChI is InChI=1S/C12H18ClN3/c1-9-3-10(2)7-16(6-9)8-11-4-15-12(13)5-14-11/h4-5,9-10H,3,6-8H2,1-2H3. The van der Waals surface area contributed by atoms with Gasteiger partial charge in [0.2, 0.25) is 0 Å². The minimum atomic E-state index is 0.462. The minimum absolute atomic E-state index is 0.462. The molecule has 0 aliphatic carbocycles. The highest BCUT2D eigenvalue weighted by atomic mass is 35.5. The van der Waals surface area contributed by atoms with Crippen LogP contribution in [0.4, 0.5) is 0 Å². The summed E-state index contributed by atoms with van der Waals surface area (Å²) in [5.74, 6) is 1.56. The lowest BCUT2D eigenvalue weighted by Gasteiger charge is -2.34. The normalized spacial score (nSPS) is 26.9. The molecule has 0 saturated carbocycles. The Hall–Kier alpha value is -0.670. The van der Waals surface area contributed by atoms with Gasteiger partial charge in [0, 0.05) is 19.6 Å². The van der Waals surface area contributed by atoms with E-state index in [0.717, 1.165) is 37.2 Å². The third-order valence-corrected chi connectivity index (χ3v) is 3.20. The first-order valence-corrected chi connectivity index (χ1v) is 6.20. The second-order valence-corrected chi connectivity index (χ2v) is 5.36. The van der Waals surface area contributed by atoms with Gasteiger partial charge in [-0.25, -0.2) is 4.98 Å². The molecule has 1 aliphatic heterocycles. The van der Waals surface area contributed by atoms with E-state index in [-0.39, 0.29) is 0 Å². The molecule has 2 unspecified atom stereocenters. The van der Waals surface area contributed by atoms with Crippen molar-refractivity contribution < 1.29 is 0 Å². The van der Waals surface area contributed by atoms with Gasteiger partial charge < -0.3 is 0 Å². The van der Waals surface area contributed by atoms with E-state index in [2.05, 4.69) is 28.7 Å². The molecule has 2 rings (SSSR count). The lowest BCUT2D eigenvalue weighted by molar-refractivity contribution is 0.133. The number of hydrogen-bond donors (Lipinski definition) is 0. The van der Waals surface area contributed by atoms with E-state index in [9.17, 15) is 0 Å². The van der Waals surface area contributed by atoms with Crippen LogP contribution in [0.25, 0.3) is 0 Å². The van der Waals surface area contributed by atoms with Crippen LogP contribution in [-0.4, -0.2) is 28.0 Å². The summed E-state index contributed by atoms with van der Waals surface area (Å²) in [7, 11) is 0. The zero-order valence-electron chi connectivity index (χ0n) is 9.86. The molecule has 3 nitrogen and oxygen atoms in total. The molecule has 0 spiro atoms. The maximum atomic E-state index is 5.71. The molecule has 1 aromatic heterocycles. The fraction of sp³-hybridized carbons (Fsp3) is 0.667. The smallest absolute Gasteiger partial charge is 0.147 e. The van der Waals surface area contributed by atoms with Crippen molar-refractivity contribution in [3.63, 3.8) is 0 Å². The van der Waals surface area contributed by atoms with Gasteiger partial charge in [0.15, 0.2) is 0 Å². The zero-order valence-corrected chi connectivity index (χ0v) is 10.6. The molecule has 2 atom stereocenters. The van der Waals surface area contributed by atoms with E-state index in [1.165, 1.54) is 6.42 Å². The highest BCUT2D eigenvalue weighted by Gasteiger charge is 2.21. The van der Waals surface area contributed by atoms with Crippen molar-refractivity contribution >= 4 is 11.6 Å². The summed E-state index contributed by atoms with van der Waals surface area (Å²) in [6.45, 7) is 7.84. The minimum Gasteiger partial charge on any atom is -0.297 e. The van der Waals surface area contributed by atoms with Crippen LogP contribution in [0.3, 0.4) is 0 Å². The summed E-state index contributed by atoms with van der Waals surface area (Å²) in [4.78, 5) is 10.8. The number of piperidine rings is 1. The van der Waals surface area contributed by atoms with E-state index in [0.29, 0.717) is 5.15 Å². The molecule has 0 amide bonds. The van der Waals surface area contributed by atoms with Crippen LogP contribution in [0.1, 0.15) is 26.0 Å². The predicted octanol–water partition coefficient (Wildman–Crippen LogP) is 2.61. The maximum absolute atomic E-state index is 5.71. The summed E-state index contributed by atoms with van der Waals surface area (Å²) in [6, 6.07) is 0. The number of aromatic nitrogens is 2. The van der Waals surface area contributed by atoms with Crippen molar-refractivity contribution in [2.24, 2.45) is 11.8 Å². The van der Waals surface area contributed by atoms with Gasteiger partial charge in [0.25, 0.3) is 0 Å². The van der Waals surface area contributed by atoms with Gasteiger partial charge in [-0.15, -0.1) is 0 Å². The van der Waals surface area contributed by atoms with Crippen LogP contribution in [0, 0.1) is 11.8 Å². The van der Waals surface area contributed by atoms with Crippen molar-refractivity contribution in [3.8, 4) is 0 Å². The van der Waals surface area contributed by atoms with Gasteiger partial charge in [0.05, 0.1) is 18.1 Å². The van der Waals surface area contributed by atoms with E-state index in [4.69, 9.17) is 11.6 Å². The van der Waals surface area contributed by atoms with Crippen LogP contribution in [0.15, 0.2) is 12.4 Å². The summed E-state index contributed by atoms with van der Waals surface area (Å²) >= 11 is 5.71. The molecule has 0 aromatic carbocycles. The third-order valence-electron chi connectivity index (χ3n) is 3.00. The lowest BCUT2D eigenvalue weighted by atomic mass is 9.92. The molecule has 88 valence electrons. The first kappa shape index (κ1) is 11.8. The van der Waals surface area contributed by atoms with E-state index in [1.54, 1.807) is 12.4 Å². The predicted molar refractivity (Wildman–Crippen MR) is 65.3 cm³/mol. The van der Waals surface area contributed by atoms with Crippen LogP contribution in [0.2, 0.25) is 5.15 Å². The Morgan fingerprint density at radius 3 is 2.50 bits per heavy atom. The molecule has 2 heterocycles. The Morgan fingerprint density at radius 1 is 1.25 bits per heavy atom. The first-order chi connectivity index (χ1) is 7.63. The molecular formula is C12H18ClN3. The highest BCUT2D eigenvalue weighted by molar-refractivity contribution is 6.29. The molecule has 1 saturated heterocycles. The molecular weight excluding hydrogens is 222 g/mol. The molecule has 1 aliphatic rings. The van der Waals surface area contributed by atoms with Crippen LogP contribution in [-0.2, 0) is 6.54 Å². The van der Waals surface area contributed by atoms with Crippen LogP contribution in [0.5, 0.6) is 0 Å². The number of nitrogens with zero attached hydrogens (tertiary/aromatic N) is 3. The number of halogens is 1. The van der Waals surface area contributed by atoms with Crippen LogP contribution < -0.4 is 0 Å². The Balaban J connectivity index is 1.96. The SMILES string of the molecule is CC1CC(C)CN(Cc2cnc(Cl)cn2)C1. The second-order valence-electron chi connectivity index (χ2n) is 4.97. The van der Waals surface area contributed by atoms with E-state index in [1.807, 2.05) is 0 Å². The third kappa shape index (κ3) is 3.16. The Bertz CT molecular complexity index is 329. The monoisotopic (exact) mass is 239 g/mol. The lowest BCUT2D eigenvalue weighted by Crippen LogP contribution is -2.38. The van der Waals surface area contributed by atoms with Gasteiger partial charge in [-0.1, -0.05) is 25.4 Å². The molecule has 0 radical (unpaired) electrons. The average molecular weight is 240 g/mol. The van der Waals surface area contributed by atoms with Gasteiger partial charge in [-0.05, 0) is 18.3 Å². The summed E-state index contributed by atoms with van der Waals surface area (Å²) in [5, 5.41) is 0.462. The maximum Gasteiger partial charge on any atom is 0.147 e. The molecule has 1 aromatic rings. The van der Waals surface area contributed by atoms with Gasteiger partial charge in [-0.3, -0.25) is 9.88 Å². The van der Waals surface area contributed by atoms with Crippen molar-refractivity contribution in [2.75, 3.05) is 13.1 Å².